The van der Waals surface area contributed by atoms with Crippen molar-refractivity contribution < 1.29 is 32.7 Å². The van der Waals surface area contributed by atoms with Crippen LogP contribution in [-0.4, -0.2) is 15.0 Å². The molecule has 5 nitrogen and oxygen atoms in total. The third-order valence-electron chi connectivity index (χ3n) is 1.49. The summed E-state index contributed by atoms with van der Waals surface area (Å²) in [4.78, 5) is 30.2. The summed E-state index contributed by atoms with van der Waals surface area (Å²) < 4.78 is 0.584. The first-order chi connectivity index (χ1) is 6.16. The van der Waals surface area contributed by atoms with Gasteiger partial charge in [-0.05, 0) is 5.52 Å². The number of hydrogen-bond donors (Lipinski definition) is 2. The first kappa shape index (κ1) is 11.7. The molecule has 0 saturated heterocycles. The van der Waals surface area contributed by atoms with Gasteiger partial charge in [0.25, 0.3) is 0 Å². The molecule has 0 aliphatic rings. The van der Waals surface area contributed by atoms with E-state index in [0.29, 0.717) is 9.99 Å². The summed E-state index contributed by atoms with van der Waals surface area (Å²) in [5.74, 6) is 0. The molecular weight excluding hydrogens is 327 g/mol. The minimum Gasteiger partial charge on any atom is -0.379 e. The molecule has 2 heterocycles. The van der Waals surface area contributed by atoms with Gasteiger partial charge in [0.2, 0.25) is 5.56 Å². The fraction of sp³-hybridized carbons (Fsp3) is 0. The summed E-state index contributed by atoms with van der Waals surface area (Å²) in [5.41, 5.74) is -0.498. The minimum absolute atomic E-state index is 0. The molecule has 1 radical (unpaired) electrons. The average molecular weight is 330 g/mol. The van der Waals surface area contributed by atoms with Gasteiger partial charge in [-0.25, -0.2) is 4.79 Å². The molecule has 0 amide bonds. The predicted molar refractivity (Wildman–Crippen MR) is 49.5 cm³/mol. The van der Waals surface area contributed by atoms with Crippen molar-refractivity contribution in [2.45, 2.75) is 0 Å². The van der Waals surface area contributed by atoms with Crippen LogP contribution in [0.15, 0.2) is 20.1 Å². The van der Waals surface area contributed by atoms with E-state index in [1.807, 2.05) is 0 Å². The molecule has 69 valence electrons. The number of rotatable bonds is 0. The molecule has 0 aliphatic heterocycles. The second kappa shape index (κ2) is 4.46. The van der Waals surface area contributed by atoms with Gasteiger partial charge in [-0.15, -0.1) is 6.07 Å². The Balaban J connectivity index is 0.000000980. The molecule has 0 bridgehead atoms. The third kappa shape index (κ3) is 2.18. The average Bonchev–Trinajstić information content (AvgIpc) is 2.02. The van der Waals surface area contributed by atoms with Crippen LogP contribution < -0.4 is 11.2 Å². The van der Waals surface area contributed by atoms with E-state index in [1.165, 1.54) is 0 Å². The SMILES string of the molecule is O=c1[nH]c(=O)c2n[c-]c(Br)cc2[nH]1.[Y]. The zero-order chi connectivity index (χ0) is 9.42. The fourth-order valence-electron chi connectivity index (χ4n) is 0.981. The fourth-order valence-corrected chi connectivity index (χ4v) is 1.30. The molecule has 2 aromatic rings. The smallest absolute Gasteiger partial charge is 0.323 e. The van der Waals surface area contributed by atoms with Gasteiger partial charge in [0.05, 0.1) is 0 Å². The van der Waals surface area contributed by atoms with Crippen molar-refractivity contribution in [1.82, 2.24) is 15.0 Å². The first-order valence-corrected chi connectivity index (χ1v) is 4.16. The van der Waals surface area contributed by atoms with E-state index in [4.69, 9.17) is 0 Å². The normalized spacial score (nSPS) is 9.79. The van der Waals surface area contributed by atoms with E-state index in [9.17, 15) is 9.59 Å². The van der Waals surface area contributed by atoms with Crippen LogP contribution in [0.5, 0.6) is 0 Å². The van der Waals surface area contributed by atoms with Crippen molar-refractivity contribution >= 4 is 27.0 Å². The van der Waals surface area contributed by atoms with Crippen LogP contribution in [0.4, 0.5) is 0 Å². The number of hydrogen-bond acceptors (Lipinski definition) is 3. The van der Waals surface area contributed by atoms with Crippen LogP contribution in [0, 0.1) is 6.20 Å². The predicted octanol–water partition coefficient (Wildman–Crippen LogP) is 0.172. The Morgan fingerprint density at radius 3 is 2.79 bits per heavy atom. The number of aromatic nitrogens is 3. The molecule has 14 heavy (non-hydrogen) atoms. The van der Waals surface area contributed by atoms with E-state index in [1.54, 1.807) is 6.07 Å². The van der Waals surface area contributed by atoms with Crippen LogP contribution in [0.25, 0.3) is 11.0 Å². The van der Waals surface area contributed by atoms with Crippen molar-refractivity contribution in [1.29, 1.82) is 0 Å². The van der Waals surface area contributed by atoms with Gasteiger partial charge in [-0.2, -0.15) is 0 Å². The number of fused-ring (bicyclic) bond motifs is 1. The maximum Gasteiger partial charge on any atom is 0.323 e. The molecule has 0 unspecified atom stereocenters. The molecule has 0 spiro atoms. The van der Waals surface area contributed by atoms with Gasteiger partial charge < -0.3 is 9.97 Å². The molecule has 2 aromatic heterocycles. The summed E-state index contributed by atoms with van der Waals surface area (Å²) in [6, 6.07) is 1.57. The number of aromatic amines is 2. The van der Waals surface area contributed by atoms with Crippen LogP contribution >= 0.6 is 15.9 Å². The second-order valence-corrected chi connectivity index (χ2v) is 3.24. The summed E-state index contributed by atoms with van der Waals surface area (Å²) in [6.07, 6.45) is 2.56. The van der Waals surface area contributed by atoms with Gasteiger partial charge in [0, 0.05) is 38.2 Å². The molecule has 0 atom stereocenters. The van der Waals surface area contributed by atoms with Gasteiger partial charge in [0.15, 0.2) is 0 Å². The van der Waals surface area contributed by atoms with Crippen LogP contribution in [-0.2, 0) is 32.7 Å². The van der Waals surface area contributed by atoms with Crippen molar-refractivity contribution in [3.8, 4) is 0 Å². The summed E-state index contributed by atoms with van der Waals surface area (Å²) in [5, 5.41) is 0. The number of halogens is 1. The van der Waals surface area contributed by atoms with Gasteiger partial charge in [-0.3, -0.25) is 9.78 Å². The molecular formula is C7H3BrN3O2Y-. The van der Waals surface area contributed by atoms with Crippen LogP contribution in [0.3, 0.4) is 0 Å². The zero-order valence-electron chi connectivity index (χ0n) is 6.80. The molecule has 0 aliphatic carbocycles. The number of H-pyrrole nitrogens is 2. The van der Waals surface area contributed by atoms with Crippen molar-refractivity contribution in [3.63, 3.8) is 0 Å². The quantitative estimate of drug-likeness (QED) is 0.676. The maximum atomic E-state index is 11.1. The molecule has 2 rings (SSSR count). The largest absolute Gasteiger partial charge is 0.379 e. The van der Waals surface area contributed by atoms with E-state index in [-0.39, 0.29) is 38.2 Å². The van der Waals surface area contributed by atoms with E-state index in [0.717, 1.165) is 0 Å². The number of nitrogens with one attached hydrogen (secondary N) is 2. The van der Waals surface area contributed by atoms with Gasteiger partial charge in [0.1, 0.15) is 0 Å². The minimum atomic E-state index is -0.544. The Hall–Kier alpha value is -0.326. The Morgan fingerprint density at radius 1 is 1.36 bits per heavy atom. The molecule has 2 N–H and O–H groups in total. The van der Waals surface area contributed by atoms with Crippen molar-refractivity contribution in [3.05, 3.63) is 37.6 Å². The Bertz CT molecular complexity index is 577. The Kier molecular flexibility index (Phi) is 3.74. The van der Waals surface area contributed by atoms with Crippen molar-refractivity contribution in [2.75, 3.05) is 0 Å². The zero-order valence-corrected chi connectivity index (χ0v) is 11.2. The second-order valence-electron chi connectivity index (χ2n) is 2.39. The standard InChI is InChI=1S/C7H3BrN3O2.Y/c8-3-1-4-5(9-2-3)6(12)11-7(13)10-4;/h1H,(H2,10,11,12,13);/q-1;. The van der Waals surface area contributed by atoms with Gasteiger partial charge in [-0.1, -0.05) is 26.6 Å². The monoisotopic (exact) mass is 329 g/mol. The van der Waals surface area contributed by atoms with Crippen LogP contribution in [0.2, 0.25) is 0 Å². The van der Waals surface area contributed by atoms with E-state index >= 15 is 0 Å². The number of nitrogens with zero attached hydrogens (tertiary/aromatic N) is 1. The number of pyridine rings is 1. The van der Waals surface area contributed by atoms with E-state index < -0.39 is 11.2 Å². The Labute approximate surface area is 111 Å². The maximum absolute atomic E-state index is 11.1. The van der Waals surface area contributed by atoms with E-state index in [2.05, 4.69) is 37.1 Å². The first-order valence-electron chi connectivity index (χ1n) is 3.37. The molecule has 7 heteroatoms. The molecule has 0 fully saturated rings. The topological polar surface area (TPSA) is 78.6 Å². The van der Waals surface area contributed by atoms with Gasteiger partial charge >= 0.3 is 5.69 Å². The van der Waals surface area contributed by atoms with Crippen LogP contribution in [0.1, 0.15) is 0 Å². The third-order valence-corrected chi connectivity index (χ3v) is 1.90. The molecule has 0 saturated carbocycles. The summed E-state index contributed by atoms with van der Waals surface area (Å²) >= 11 is 3.13. The molecule has 0 aromatic carbocycles. The summed E-state index contributed by atoms with van der Waals surface area (Å²) in [7, 11) is 0. The summed E-state index contributed by atoms with van der Waals surface area (Å²) in [6.45, 7) is 0. The van der Waals surface area contributed by atoms with Crippen molar-refractivity contribution in [2.24, 2.45) is 0 Å². The Morgan fingerprint density at radius 2 is 2.07 bits per heavy atom.